The minimum absolute atomic E-state index is 0.136. The number of carbonyl (C=O) groups excluding carboxylic acids is 1. The summed E-state index contributed by atoms with van der Waals surface area (Å²) in [5.41, 5.74) is 1.23. The molecule has 1 aliphatic heterocycles. The molecule has 3 heterocycles. The maximum Gasteiger partial charge on any atom is 0.407 e. The fourth-order valence-electron chi connectivity index (χ4n) is 4.68. The Hall–Kier alpha value is -2.09. The summed E-state index contributed by atoms with van der Waals surface area (Å²) in [7, 11) is 0. The number of nitrogens with one attached hydrogen (secondary N) is 1. The van der Waals surface area contributed by atoms with E-state index in [4.69, 9.17) is 0 Å². The number of hydrogen-bond donors (Lipinski definition) is 2. The first kappa shape index (κ1) is 16.4. The molecular weight excluding hydrogens is 340 g/mol. The van der Waals surface area contributed by atoms with Gasteiger partial charge in [-0.3, -0.25) is 9.20 Å². The molecule has 1 unspecified atom stereocenters. The number of amides is 2. The van der Waals surface area contributed by atoms with Crippen molar-refractivity contribution in [1.29, 1.82) is 0 Å². The van der Waals surface area contributed by atoms with Crippen LogP contribution in [-0.2, 0) is 0 Å². The molecule has 2 N–H and O–H groups in total. The molecule has 2 amide bonds. The molecule has 2 fully saturated rings. The molecule has 0 spiro atoms. The molecule has 8 heteroatoms. The molecule has 1 saturated heterocycles. The van der Waals surface area contributed by atoms with Crippen LogP contribution in [0.4, 0.5) is 4.79 Å². The molecule has 4 atom stereocenters. The normalized spacial score (nSPS) is 28.5. The molecule has 25 heavy (non-hydrogen) atoms. The van der Waals surface area contributed by atoms with Gasteiger partial charge in [0.25, 0.3) is 5.91 Å². The second-order valence-electron chi connectivity index (χ2n) is 7.31. The van der Waals surface area contributed by atoms with Crippen molar-refractivity contribution in [3.05, 3.63) is 23.0 Å². The third-order valence-electron chi connectivity index (χ3n) is 5.68. The number of aryl methyl sites for hydroxylation is 1. The van der Waals surface area contributed by atoms with Crippen LogP contribution in [0.3, 0.4) is 0 Å². The van der Waals surface area contributed by atoms with Gasteiger partial charge in [0.05, 0.1) is 11.7 Å². The van der Waals surface area contributed by atoms with Crippen molar-refractivity contribution in [3.8, 4) is 0 Å². The van der Waals surface area contributed by atoms with Gasteiger partial charge in [0.15, 0.2) is 4.96 Å². The van der Waals surface area contributed by atoms with Gasteiger partial charge in [-0.2, -0.15) is 0 Å². The lowest BCUT2D eigenvalue weighted by Crippen LogP contribution is -2.45. The van der Waals surface area contributed by atoms with Gasteiger partial charge in [0.1, 0.15) is 5.69 Å². The standard InChI is InChI=1S/C17H22N4O3S/c1-9-5-11-8-21(17(23)24)13(12(11)6-9)7-18-15(22)14-10(2)19-16-20(14)3-4-25-16/h3-4,9,11-13H,5-8H2,1-2H3,(H,18,22)(H,23,24)/t9?,11-,12-,13+/m0/s1. The zero-order valence-corrected chi connectivity index (χ0v) is 15.1. The average molecular weight is 362 g/mol. The zero-order valence-electron chi connectivity index (χ0n) is 14.3. The van der Waals surface area contributed by atoms with Crippen molar-refractivity contribution >= 4 is 28.3 Å². The summed E-state index contributed by atoms with van der Waals surface area (Å²) in [6.07, 6.45) is 3.07. The molecule has 0 bridgehead atoms. The fourth-order valence-corrected chi connectivity index (χ4v) is 5.43. The highest BCUT2D eigenvalue weighted by atomic mass is 32.1. The van der Waals surface area contributed by atoms with E-state index in [-0.39, 0.29) is 11.9 Å². The highest BCUT2D eigenvalue weighted by molar-refractivity contribution is 7.15. The Kier molecular flexibility index (Phi) is 3.94. The van der Waals surface area contributed by atoms with Gasteiger partial charge in [0.2, 0.25) is 0 Å². The number of thiazole rings is 1. The number of rotatable bonds is 3. The van der Waals surface area contributed by atoms with Crippen LogP contribution in [0.2, 0.25) is 0 Å². The van der Waals surface area contributed by atoms with E-state index in [0.717, 1.165) is 17.8 Å². The molecule has 134 valence electrons. The first-order valence-electron chi connectivity index (χ1n) is 8.65. The van der Waals surface area contributed by atoms with Crippen molar-refractivity contribution < 1.29 is 14.7 Å². The Morgan fingerprint density at radius 1 is 1.44 bits per heavy atom. The van der Waals surface area contributed by atoms with Crippen molar-refractivity contribution in [3.63, 3.8) is 0 Å². The fraction of sp³-hybridized carbons (Fsp3) is 0.588. The van der Waals surface area contributed by atoms with Crippen LogP contribution in [0, 0.1) is 24.7 Å². The molecule has 0 radical (unpaired) electrons. The van der Waals surface area contributed by atoms with Gasteiger partial charge in [-0.1, -0.05) is 6.92 Å². The highest BCUT2D eigenvalue weighted by Gasteiger charge is 2.48. The number of carboxylic acid groups (broad SMARTS) is 1. The first-order chi connectivity index (χ1) is 12.0. The quantitative estimate of drug-likeness (QED) is 0.878. The number of aromatic nitrogens is 2. The summed E-state index contributed by atoms with van der Waals surface area (Å²) in [6, 6.07) is -0.136. The van der Waals surface area contributed by atoms with Crippen molar-refractivity contribution in [2.24, 2.45) is 17.8 Å². The minimum Gasteiger partial charge on any atom is -0.465 e. The average Bonchev–Trinajstić information content (AvgIpc) is 3.24. The van der Waals surface area contributed by atoms with E-state index in [9.17, 15) is 14.7 Å². The maximum absolute atomic E-state index is 12.7. The smallest absolute Gasteiger partial charge is 0.407 e. The zero-order chi connectivity index (χ0) is 17.7. The van der Waals surface area contributed by atoms with E-state index >= 15 is 0 Å². The molecule has 2 aliphatic rings. The highest BCUT2D eigenvalue weighted by Crippen LogP contribution is 2.44. The SMILES string of the molecule is Cc1nc2sccn2c1C(=O)NC[C@@H]1[C@H]2CC(C)C[C@H]2CN1C(=O)O. The van der Waals surface area contributed by atoms with Crippen molar-refractivity contribution in [2.75, 3.05) is 13.1 Å². The predicted octanol–water partition coefficient (Wildman–Crippen LogP) is 2.46. The Bertz CT molecular complexity index is 829. The van der Waals surface area contributed by atoms with Gasteiger partial charge in [-0.25, -0.2) is 9.78 Å². The lowest BCUT2D eigenvalue weighted by atomic mass is 9.94. The second-order valence-corrected chi connectivity index (χ2v) is 8.19. The van der Waals surface area contributed by atoms with Gasteiger partial charge < -0.3 is 15.3 Å². The Balaban J connectivity index is 1.51. The van der Waals surface area contributed by atoms with Crippen LogP contribution < -0.4 is 5.32 Å². The lowest BCUT2D eigenvalue weighted by molar-refractivity contribution is 0.0918. The number of nitrogens with zero attached hydrogens (tertiary/aromatic N) is 3. The molecule has 2 aromatic rings. The molecular formula is C17H22N4O3S. The largest absolute Gasteiger partial charge is 0.465 e. The summed E-state index contributed by atoms with van der Waals surface area (Å²) < 4.78 is 1.79. The van der Waals surface area contributed by atoms with Gasteiger partial charge in [-0.05, 0) is 37.5 Å². The van der Waals surface area contributed by atoms with Gasteiger partial charge in [0, 0.05) is 24.7 Å². The summed E-state index contributed by atoms with van der Waals surface area (Å²) in [5, 5.41) is 14.4. The second kappa shape index (κ2) is 6.01. The number of carbonyl (C=O) groups is 2. The van der Waals surface area contributed by atoms with Gasteiger partial charge >= 0.3 is 6.09 Å². The van der Waals surface area contributed by atoms with Crippen LogP contribution in [0.1, 0.15) is 35.9 Å². The van der Waals surface area contributed by atoms with E-state index < -0.39 is 6.09 Å². The van der Waals surface area contributed by atoms with Crippen molar-refractivity contribution in [2.45, 2.75) is 32.7 Å². The van der Waals surface area contributed by atoms with E-state index in [1.807, 2.05) is 18.5 Å². The summed E-state index contributed by atoms with van der Waals surface area (Å²) >= 11 is 1.49. The third kappa shape index (κ3) is 2.68. The number of fused-ring (bicyclic) bond motifs is 2. The maximum atomic E-state index is 12.7. The van der Waals surface area contributed by atoms with Gasteiger partial charge in [-0.15, -0.1) is 11.3 Å². The molecule has 0 aromatic carbocycles. The van der Waals surface area contributed by atoms with Crippen LogP contribution in [0.25, 0.3) is 4.96 Å². The number of imidazole rings is 1. The van der Waals surface area contributed by atoms with Crippen LogP contribution >= 0.6 is 11.3 Å². The van der Waals surface area contributed by atoms with E-state index in [0.29, 0.717) is 42.2 Å². The predicted molar refractivity (Wildman–Crippen MR) is 94.0 cm³/mol. The Labute approximate surface area is 149 Å². The molecule has 1 saturated carbocycles. The summed E-state index contributed by atoms with van der Waals surface area (Å²) in [4.78, 5) is 31.0. The molecule has 1 aliphatic carbocycles. The minimum atomic E-state index is -0.887. The summed E-state index contributed by atoms with van der Waals surface area (Å²) in [6.45, 7) is 4.99. The third-order valence-corrected chi connectivity index (χ3v) is 6.44. The molecule has 4 rings (SSSR count). The van der Waals surface area contributed by atoms with E-state index in [1.54, 1.807) is 4.40 Å². The van der Waals surface area contributed by atoms with Crippen molar-refractivity contribution in [1.82, 2.24) is 19.6 Å². The monoisotopic (exact) mass is 362 g/mol. The Morgan fingerprint density at radius 3 is 3.00 bits per heavy atom. The van der Waals surface area contributed by atoms with Crippen LogP contribution in [0.15, 0.2) is 11.6 Å². The lowest BCUT2D eigenvalue weighted by Gasteiger charge is -2.26. The first-order valence-corrected chi connectivity index (χ1v) is 9.53. The van der Waals surface area contributed by atoms with E-state index in [1.165, 1.54) is 16.2 Å². The Morgan fingerprint density at radius 2 is 2.24 bits per heavy atom. The summed E-state index contributed by atoms with van der Waals surface area (Å²) in [5.74, 6) is 1.21. The molecule has 2 aromatic heterocycles. The van der Waals surface area contributed by atoms with E-state index in [2.05, 4.69) is 17.2 Å². The van der Waals surface area contributed by atoms with Crippen LogP contribution in [0.5, 0.6) is 0 Å². The topological polar surface area (TPSA) is 86.9 Å². The molecule has 7 nitrogen and oxygen atoms in total. The number of likely N-dealkylation sites (tertiary alicyclic amines) is 1. The number of hydrogen-bond acceptors (Lipinski definition) is 4. The van der Waals surface area contributed by atoms with Crippen LogP contribution in [-0.4, -0.2) is 50.5 Å².